The number of nitrogens with one attached hydrogen (secondary N) is 1. The van der Waals surface area contributed by atoms with Crippen LogP contribution in [0, 0.1) is 17.8 Å². The lowest BCUT2D eigenvalue weighted by atomic mass is 9.63. The normalized spacial score (nSPS) is 25.6. The number of benzene rings is 2. The van der Waals surface area contributed by atoms with Crippen LogP contribution in [0.4, 0.5) is 0 Å². The van der Waals surface area contributed by atoms with Gasteiger partial charge in [-0.3, -0.25) is 9.69 Å². The van der Waals surface area contributed by atoms with Crippen LogP contribution >= 0.6 is 0 Å². The Bertz CT molecular complexity index is 1530. The third-order valence-electron chi connectivity index (χ3n) is 9.76. The summed E-state index contributed by atoms with van der Waals surface area (Å²) in [6.07, 6.45) is 0.920. The number of nitrogens with zero attached hydrogens (tertiary/aromatic N) is 1. The Labute approximate surface area is 267 Å². The second-order valence-electron chi connectivity index (χ2n) is 11.7. The van der Waals surface area contributed by atoms with E-state index in [1.807, 2.05) is 12.1 Å². The van der Waals surface area contributed by atoms with Gasteiger partial charge in [-0.15, -0.1) is 0 Å². The van der Waals surface area contributed by atoms with Gasteiger partial charge in [-0.1, -0.05) is 0 Å². The fourth-order valence-corrected chi connectivity index (χ4v) is 7.76. The van der Waals surface area contributed by atoms with Crippen molar-refractivity contribution < 1.29 is 42.7 Å². The monoisotopic (exact) mass is 640 g/mol. The van der Waals surface area contributed by atoms with Crippen LogP contribution in [0.5, 0.6) is 23.0 Å². The number of fused-ring (bicyclic) bond motifs is 6. The number of ether oxygens (including phenoxy) is 7. The molecule has 244 valence electrons. The number of aromatic nitrogens is 1. The van der Waals surface area contributed by atoms with Gasteiger partial charge in [0, 0.05) is 42.9 Å². The first kappa shape index (κ1) is 32.6. The minimum absolute atomic E-state index is 0. The number of rotatable bonds is 8. The molecule has 1 N–H and O–H groups in total. The molecule has 3 aliphatic rings. The molecule has 3 aromatic rings. The van der Waals surface area contributed by atoms with Crippen molar-refractivity contribution in [3.05, 3.63) is 47.2 Å². The second kappa shape index (κ2) is 13.3. The van der Waals surface area contributed by atoms with Gasteiger partial charge < -0.3 is 38.1 Å². The lowest BCUT2D eigenvalue weighted by Gasteiger charge is -2.52. The molecular formula is C33H44N2O9Si. The zero-order chi connectivity index (χ0) is 31.1. The summed E-state index contributed by atoms with van der Waals surface area (Å²) in [5.74, 6) is 0.441. The number of H-pyrrole nitrogens is 1. The van der Waals surface area contributed by atoms with Crippen LogP contribution in [-0.4, -0.2) is 101 Å². The quantitative estimate of drug-likeness (QED) is 0.291. The van der Waals surface area contributed by atoms with Gasteiger partial charge in [-0.2, -0.15) is 0 Å². The van der Waals surface area contributed by atoms with Gasteiger partial charge in [0.2, 0.25) is 5.75 Å². The summed E-state index contributed by atoms with van der Waals surface area (Å²) in [6.45, 7) is 1.68. The average molecular weight is 641 g/mol. The summed E-state index contributed by atoms with van der Waals surface area (Å²) in [7, 11) is 9.10. The van der Waals surface area contributed by atoms with Crippen LogP contribution in [0.15, 0.2) is 30.3 Å². The highest BCUT2D eigenvalue weighted by Gasteiger charge is 2.54. The van der Waals surface area contributed by atoms with Crippen molar-refractivity contribution in [2.24, 2.45) is 17.8 Å². The molecule has 11 nitrogen and oxygen atoms in total. The molecule has 2 aromatic carbocycles. The van der Waals surface area contributed by atoms with Gasteiger partial charge in [0.1, 0.15) is 18.0 Å². The summed E-state index contributed by atoms with van der Waals surface area (Å²) in [5, 5.41) is 1.21. The summed E-state index contributed by atoms with van der Waals surface area (Å²) in [6, 6.07) is 9.40. The Morgan fingerprint density at radius 2 is 1.64 bits per heavy atom. The zero-order valence-corrected chi connectivity index (χ0v) is 26.0. The molecular weight excluding hydrogens is 596 g/mol. The molecule has 1 aliphatic carbocycles. The predicted octanol–water partition coefficient (Wildman–Crippen LogP) is 2.72. The maximum Gasteiger partial charge on any atom is 0.338 e. The van der Waals surface area contributed by atoms with Crippen molar-refractivity contribution in [1.82, 2.24) is 9.88 Å². The number of esters is 2. The minimum atomic E-state index is -0.670. The van der Waals surface area contributed by atoms with Gasteiger partial charge in [-0.25, -0.2) is 4.79 Å². The molecule has 6 atom stereocenters. The predicted molar refractivity (Wildman–Crippen MR) is 172 cm³/mol. The van der Waals surface area contributed by atoms with Crippen LogP contribution in [0.2, 0.25) is 0 Å². The number of hydrogen-bond acceptors (Lipinski definition) is 10. The fraction of sp³-hybridized carbons (Fsp3) is 0.515. The second-order valence-corrected chi connectivity index (χ2v) is 11.7. The summed E-state index contributed by atoms with van der Waals surface area (Å²) >= 11 is 0. The van der Waals surface area contributed by atoms with Crippen molar-refractivity contribution in [3.63, 3.8) is 0 Å². The third kappa shape index (κ3) is 5.63. The highest BCUT2D eigenvalue weighted by atomic mass is 28.1. The van der Waals surface area contributed by atoms with Crippen molar-refractivity contribution in [2.75, 3.05) is 55.7 Å². The molecule has 1 aromatic heterocycles. The van der Waals surface area contributed by atoms with E-state index < -0.39 is 24.1 Å². The SMILES string of the molecule is COC(=O)[C@H]1[C@H]2C[C@@H]3c4[nH]c5cc(OC)ccc5c4CCN3C[C@H]2C[C@@H](OC(=O)c2cc(OC)c(OC)c(OC)c2)[C@@H]1OC.[SiH4]. The third-order valence-corrected chi connectivity index (χ3v) is 9.76. The number of piperidine rings is 1. The van der Waals surface area contributed by atoms with Gasteiger partial charge in [0.25, 0.3) is 0 Å². The zero-order valence-electron chi connectivity index (χ0n) is 26.0. The van der Waals surface area contributed by atoms with Gasteiger partial charge in [-0.05, 0) is 71.9 Å². The molecule has 12 heteroatoms. The molecule has 1 saturated carbocycles. The number of aromatic amines is 1. The summed E-state index contributed by atoms with van der Waals surface area (Å²) < 4.78 is 39.1. The van der Waals surface area contributed by atoms with Crippen LogP contribution in [-0.2, 0) is 25.4 Å². The molecule has 1 saturated heterocycles. The Kier molecular flexibility index (Phi) is 9.66. The standard InChI is InChI=1S/C33H40N2O9.H4Si/c1-38-19-7-8-20-21-9-10-35-16-18-13-27(44-32(36)17-11-25(39-2)30(41-4)26(12-17)40-3)31(42-5)28(33(37)43-6)22(18)15-24(35)29(21)34-23(20)14-19;/h7-8,11-12,14,18,22,24,27-28,31,34H,9-10,13,15-16H2,1-6H3;1H4/t18-,22+,24-,27-,28+,31+;/m1./s1. The first-order valence-electron chi connectivity index (χ1n) is 14.9. The van der Waals surface area contributed by atoms with Crippen LogP contribution in [0.3, 0.4) is 0 Å². The van der Waals surface area contributed by atoms with E-state index in [9.17, 15) is 9.59 Å². The maximum atomic E-state index is 13.5. The largest absolute Gasteiger partial charge is 0.497 e. The molecule has 2 aliphatic heterocycles. The molecule has 0 unspecified atom stereocenters. The fourth-order valence-electron chi connectivity index (χ4n) is 7.76. The molecule has 0 spiro atoms. The summed E-state index contributed by atoms with van der Waals surface area (Å²) in [5.41, 5.74) is 3.83. The molecule has 2 fully saturated rings. The Morgan fingerprint density at radius 3 is 2.27 bits per heavy atom. The average Bonchev–Trinajstić information content (AvgIpc) is 3.43. The lowest BCUT2D eigenvalue weighted by Crippen LogP contribution is -2.58. The molecule has 0 radical (unpaired) electrons. The van der Waals surface area contributed by atoms with E-state index in [0.29, 0.717) is 23.7 Å². The Balaban J connectivity index is 0.00000400. The first-order valence-corrected chi connectivity index (χ1v) is 14.9. The van der Waals surface area contributed by atoms with E-state index in [1.54, 1.807) is 26.4 Å². The highest BCUT2D eigenvalue weighted by molar-refractivity contribution is 5.91. The van der Waals surface area contributed by atoms with E-state index in [1.165, 1.54) is 45.1 Å². The van der Waals surface area contributed by atoms with E-state index in [2.05, 4.69) is 16.0 Å². The smallest absolute Gasteiger partial charge is 0.338 e. The number of carbonyl (C=O) groups is 2. The highest BCUT2D eigenvalue weighted by Crippen LogP contribution is 2.51. The van der Waals surface area contributed by atoms with E-state index in [-0.39, 0.29) is 40.4 Å². The molecule has 45 heavy (non-hydrogen) atoms. The maximum absolute atomic E-state index is 13.5. The molecule has 6 rings (SSSR count). The first-order chi connectivity index (χ1) is 21.3. The number of methoxy groups -OCH3 is 6. The van der Waals surface area contributed by atoms with Crippen molar-refractivity contribution in [3.8, 4) is 23.0 Å². The Morgan fingerprint density at radius 1 is 0.911 bits per heavy atom. The van der Waals surface area contributed by atoms with Crippen molar-refractivity contribution in [1.29, 1.82) is 0 Å². The van der Waals surface area contributed by atoms with E-state index in [0.717, 1.165) is 37.2 Å². The minimum Gasteiger partial charge on any atom is -0.497 e. The van der Waals surface area contributed by atoms with E-state index in [4.69, 9.17) is 33.2 Å². The van der Waals surface area contributed by atoms with Gasteiger partial charge in [0.05, 0.1) is 53.1 Å². The van der Waals surface area contributed by atoms with Crippen LogP contribution in [0.25, 0.3) is 10.9 Å². The van der Waals surface area contributed by atoms with Crippen LogP contribution < -0.4 is 18.9 Å². The number of carbonyl (C=O) groups excluding carboxylic acids is 2. The van der Waals surface area contributed by atoms with Crippen molar-refractivity contribution in [2.45, 2.75) is 37.5 Å². The van der Waals surface area contributed by atoms with E-state index >= 15 is 0 Å². The molecule has 3 heterocycles. The molecule has 0 amide bonds. The summed E-state index contributed by atoms with van der Waals surface area (Å²) in [4.78, 5) is 33.1. The lowest BCUT2D eigenvalue weighted by molar-refractivity contribution is -0.176. The van der Waals surface area contributed by atoms with Gasteiger partial charge >= 0.3 is 11.9 Å². The van der Waals surface area contributed by atoms with Gasteiger partial charge in [0.15, 0.2) is 11.5 Å². The van der Waals surface area contributed by atoms with Crippen LogP contribution in [0.1, 0.15) is 40.5 Å². The Hall–Kier alpha value is -3.74. The molecule has 0 bridgehead atoms. The topological polar surface area (TPSA) is 118 Å². The van der Waals surface area contributed by atoms with Crippen molar-refractivity contribution >= 4 is 33.8 Å². The number of hydrogen-bond donors (Lipinski definition) is 1.